The van der Waals surface area contributed by atoms with Crippen molar-refractivity contribution in [3.63, 3.8) is 0 Å². The molecule has 0 unspecified atom stereocenters. The Morgan fingerprint density at radius 3 is 2.58 bits per heavy atom. The van der Waals surface area contributed by atoms with E-state index in [1.54, 1.807) is 6.08 Å². The first-order chi connectivity index (χ1) is 5.70. The van der Waals surface area contributed by atoms with Gasteiger partial charge in [0, 0.05) is 6.42 Å². The van der Waals surface area contributed by atoms with E-state index in [0.29, 0.717) is 5.92 Å². The second kappa shape index (κ2) is 6.96. The maximum absolute atomic E-state index is 5.57. The van der Waals surface area contributed by atoms with Crippen molar-refractivity contribution in [2.45, 2.75) is 33.6 Å². The first kappa shape index (κ1) is 11.3. The molecule has 0 aromatic heterocycles. The van der Waals surface area contributed by atoms with Gasteiger partial charge in [-0.2, -0.15) is 0 Å². The van der Waals surface area contributed by atoms with Gasteiger partial charge in [0.1, 0.15) is 0 Å². The average Bonchev–Trinajstić information content (AvgIpc) is 2.01. The molecule has 0 aliphatic heterocycles. The molecule has 0 spiro atoms. The predicted octanol–water partition coefficient (Wildman–Crippen LogP) is 3.53. The van der Waals surface area contributed by atoms with E-state index in [2.05, 4.69) is 27.4 Å². The first-order valence-electron chi connectivity index (χ1n) is 4.65. The first-order valence-corrected chi connectivity index (χ1v) is 4.65. The molecule has 0 saturated heterocycles. The molecule has 0 fully saturated rings. The van der Waals surface area contributed by atoms with Gasteiger partial charge in [0.15, 0.2) is 0 Å². The van der Waals surface area contributed by atoms with Crippen LogP contribution < -0.4 is 0 Å². The molecule has 0 aliphatic carbocycles. The summed E-state index contributed by atoms with van der Waals surface area (Å²) < 4.78 is 5.57. The Kier molecular flexibility index (Phi) is 6.54. The molecule has 0 saturated carbocycles. The minimum atomic E-state index is 0.593. The Morgan fingerprint density at radius 1 is 1.50 bits per heavy atom. The number of allylic oxidation sites excluding steroid dienone is 3. The second-order valence-electron chi connectivity index (χ2n) is 3.32. The molecule has 0 atom stereocenters. The smallest absolute Gasteiger partial charge is 0.0959 e. The van der Waals surface area contributed by atoms with Gasteiger partial charge < -0.3 is 4.74 Å². The van der Waals surface area contributed by atoms with Gasteiger partial charge in [0.2, 0.25) is 0 Å². The zero-order chi connectivity index (χ0) is 9.40. The highest BCUT2D eigenvalue weighted by atomic mass is 16.5. The third-order valence-electron chi connectivity index (χ3n) is 1.40. The van der Waals surface area contributed by atoms with Crippen LogP contribution in [-0.4, -0.2) is 6.61 Å². The van der Waals surface area contributed by atoms with Gasteiger partial charge >= 0.3 is 0 Å². The third-order valence-corrected chi connectivity index (χ3v) is 1.40. The zero-order valence-corrected chi connectivity index (χ0v) is 8.47. The van der Waals surface area contributed by atoms with Gasteiger partial charge in [-0.25, -0.2) is 0 Å². The molecule has 0 radical (unpaired) electrons. The molecular formula is C11H20O. The molecular weight excluding hydrogens is 148 g/mol. The molecule has 1 nitrogen and oxygen atoms in total. The largest absolute Gasteiger partial charge is 0.498 e. The van der Waals surface area contributed by atoms with Gasteiger partial charge in [-0.15, -0.1) is 0 Å². The Bertz CT molecular complexity index is 145. The van der Waals surface area contributed by atoms with E-state index in [1.807, 2.05) is 6.08 Å². The van der Waals surface area contributed by atoms with Gasteiger partial charge in [0.25, 0.3) is 0 Å². The van der Waals surface area contributed by atoms with Gasteiger partial charge in [-0.3, -0.25) is 0 Å². The third kappa shape index (κ3) is 6.02. The lowest BCUT2D eigenvalue weighted by Gasteiger charge is -2.10. The fourth-order valence-electron chi connectivity index (χ4n) is 0.855. The predicted molar refractivity (Wildman–Crippen MR) is 54.0 cm³/mol. The van der Waals surface area contributed by atoms with Crippen LogP contribution in [0.15, 0.2) is 24.5 Å². The summed E-state index contributed by atoms with van der Waals surface area (Å²) >= 11 is 0. The van der Waals surface area contributed by atoms with Crippen LogP contribution in [-0.2, 0) is 4.74 Å². The van der Waals surface area contributed by atoms with Crippen LogP contribution in [0.25, 0.3) is 0 Å². The minimum Gasteiger partial charge on any atom is -0.498 e. The quantitative estimate of drug-likeness (QED) is 0.435. The summed E-state index contributed by atoms with van der Waals surface area (Å²) in [4.78, 5) is 0. The fraction of sp³-hybridized carbons (Fsp3) is 0.636. The van der Waals surface area contributed by atoms with Gasteiger partial charge in [0.05, 0.1) is 12.4 Å². The molecule has 0 N–H and O–H groups in total. The summed E-state index contributed by atoms with van der Waals surface area (Å²) in [6.07, 6.45) is 5.87. The Balaban J connectivity index is 3.79. The van der Waals surface area contributed by atoms with Crippen LogP contribution >= 0.6 is 0 Å². The van der Waals surface area contributed by atoms with E-state index in [0.717, 1.165) is 25.2 Å². The minimum absolute atomic E-state index is 0.593. The van der Waals surface area contributed by atoms with Crippen LogP contribution in [0.2, 0.25) is 0 Å². The van der Waals surface area contributed by atoms with Gasteiger partial charge in [-0.05, 0) is 18.4 Å². The SMILES string of the molecule is C=C/C=C(\CCC)OCC(C)C. The number of ether oxygens (including phenoxy) is 1. The van der Waals surface area contributed by atoms with Crippen LogP contribution in [0.3, 0.4) is 0 Å². The Labute approximate surface area is 76.1 Å². The zero-order valence-electron chi connectivity index (χ0n) is 8.47. The number of hydrogen-bond acceptors (Lipinski definition) is 1. The summed E-state index contributed by atoms with van der Waals surface area (Å²) in [5.74, 6) is 1.65. The molecule has 70 valence electrons. The van der Waals surface area contributed by atoms with E-state index in [4.69, 9.17) is 4.74 Å². The number of hydrogen-bond donors (Lipinski definition) is 0. The van der Waals surface area contributed by atoms with Crippen molar-refractivity contribution in [1.82, 2.24) is 0 Å². The summed E-state index contributed by atoms with van der Waals surface area (Å²) in [6.45, 7) is 10.9. The average molecular weight is 168 g/mol. The maximum atomic E-state index is 5.57. The van der Waals surface area contributed by atoms with Crippen molar-refractivity contribution < 1.29 is 4.74 Å². The molecule has 0 aromatic rings. The van der Waals surface area contributed by atoms with Gasteiger partial charge in [-0.1, -0.05) is 33.4 Å². The Hall–Kier alpha value is -0.720. The van der Waals surface area contributed by atoms with Crippen molar-refractivity contribution in [1.29, 1.82) is 0 Å². The molecule has 1 heteroatoms. The van der Waals surface area contributed by atoms with Crippen molar-refractivity contribution in [2.24, 2.45) is 5.92 Å². The monoisotopic (exact) mass is 168 g/mol. The summed E-state index contributed by atoms with van der Waals surface area (Å²) in [6, 6.07) is 0. The molecule has 0 aromatic carbocycles. The fourth-order valence-corrected chi connectivity index (χ4v) is 0.855. The number of rotatable bonds is 6. The molecule has 0 heterocycles. The highest BCUT2D eigenvalue weighted by molar-refractivity contribution is 5.04. The lowest BCUT2D eigenvalue weighted by Crippen LogP contribution is -2.01. The van der Waals surface area contributed by atoms with Crippen LogP contribution in [0.1, 0.15) is 33.6 Å². The molecule has 0 rings (SSSR count). The van der Waals surface area contributed by atoms with Crippen LogP contribution in [0, 0.1) is 5.92 Å². The van der Waals surface area contributed by atoms with Crippen molar-refractivity contribution in [3.8, 4) is 0 Å². The topological polar surface area (TPSA) is 9.23 Å². The molecule has 0 amide bonds. The second-order valence-corrected chi connectivity index (χ2v) is 3.32. The van der Waals surface area contributed by atoms with E-state index < -0.39 is 0 Å². The summed E-state index contributed by atoms with van der Waals surface area (Å²) in [5.41, 5.74) is 0. The van der Waals surface area contributed by atoms with E-state index in [1.165, 1.54) is 0 Å². The summed E-state index contributed by atoms with van der Waals surface area (Å²) in [7, 11) is 0. The van der Waals surface area contributed by atoms with Crippen molar-refractivity contribution in [3.05, 3.63) is 24.5 Å². The standard InChI is InChI=1S/C11H20O/c1-5-7-11(8-6-2)12-9-10(3)4/h5,7,10H,1,6,8-9H2,2-4H3/b11-7+. The normalized spacial score (nSPS) is 11.8. The van der Waals surface area contributed by atoms with Crippen molar-refractivity contribution >= 4 is 0 Å². The summed E-state index contributed by atoms with van der Waals surface area (Å²) in [5, 5.41) is 0. The van der Waals surface area contributed by atoms with E-state index >= 15 is 0 Å². The molecule has 0 bridgehead atoms. The van der Waals surface area contributed by atoms with Crippen molar-refractivity contribution in [2.75, 3.05) is 6.61 Å². The molecule has 0 aliphatic rings. The lowest BCUT2D eigenvalue weighted by atomic mass is 10.2. The highest BCUT2D eigenvalue weighted by Gasteiger charge is 1.97. The molecule has 12 heavy (non-hydrogen) atoms. The maximum Gasteiger partial charge on any atom is 0.0959 e. The van der Waals surface area contributed by atoms with E-state index in [9.17, 15) is 0 Å². The Morgan fingerprint density at radius 2 is 2.17 bits per heavy atom. The van der Waals surface area contributed by atoms with E-state index in [-0.39, 0.29) is 0 Å². The lowest BCUT2D eigenvalue weighted by molar-refractivity contribution is 0.171. The van der Waals surface area contributed by atoms with Crippen LogP contribution in [0.4, 0.5) is 0 Å². The highest BCUT2D eigenvalue weighted by Crippen LogP contribution is 2.08. The van der Waals surface area contributed by atoms with Crippen LogP contribution in [0.5, 0.6) is 0 Å².